The Morgan fingerprint density at radius 1 is 1.14 bits per heavy atom. The lowest BCUT2D eigenvalue weighted by atomic mass is 10.2. The zero-order valence-corrected chi connectivity index (χ0v) is 12.6. The molecule has 0 atom stereocenters. The number of methoxy groups -OCH3 is 1. The number of sulfonamides is 1. The molecule has 0 saturated carbocycles. The molecule has 0 aliphatic heterocycles. The molecular formula is C15H16FNO3S. The molecular weight excluding hydrogens is 293 g/mol. The van der Waals surface area contributed by atoms with Gasteiger partial charge in [-0.25, -0.2) is 12.8 Å². The van der Waals surface area contributed by atoms with Crippen LogP contribution < -0.4 is 4.74 Å². The van der Waals surface area contributed by atoms with Crippen LogP contribution in [0, 0.1) is 5.82 Å². The van der Waals surface area contributed by atoms with Gasteiger partial charge in [0.25, 0.3) is 0 Å². The zero-order chi connectivity index (χ0) is 15.5. The first kappa shape index (κ1) is 15.5. The molecule has 0 saturated heterocycles. The van der Waals surface area contributed by atoms with E-state index in [0.717, 1.165) is 11.6 Å². The highest BCUT2D eigenvalue weighted by Crippen LogP contribution is 2.19. The predicted molar refractivity (Wildman–Crippen MR) is 78.0 cm³/mol. The number of nitrogens with zero attached hydrogens (tertiary/aromatic N) is 1. The average Bonchev–Trinajstić information content (AvgIpc) is 2.48. The summed E-state index contributed by atoms with van der Waals surface area (Å²) in [6.45, 7) is 0.197. The van der Waals surface area contributed by atoms with E-state index in [1.54, 1.807) is 31.4 Å². The Kier molecular flexibility index (Phi) is 4.59. The van der Waals surface area contributed by atoms with E-state index in [9.17, 15) is 12.8 Å². The van der Waals surface area contributed by atoms with Crippen molar-refractivity contribution in [1.82, 2.24) is 4.31 Å². The molecule has 0 bridgehead atoms. The second-order valence-electron chi connectivity index (χ2n) is 4.57. The van der Waals surface area contributed by atoms with Crippen molar-refractivity contribution in [3.8, 4) is 5.75 Å². The first-order chi connectivity index (χ1) is 9.93. The fourth-order valence-corrected chi connectivity index (χ4v) is 3.07. The standard InChI is InChI=1S/C15H16FNO3S/c1-17(11-12-6-8-14(20-2)9-7-12)21(18,19)15-5-3-4-13(16)10-15/h3-10H,11H2,1-2H3. The van der Waals surface area contributed by atoms with Gasteiger partial charge in [-0.05, 0) is 35.9 Å². The lowest BCUT2D eigenvalue weighted by molar-refractivity contribution is 0.414. The summed E-state index contributed by atoms with van der Waals surface area (Å²) < 4.78 is 44.1. The van der Waals surface area contributed by atoms with Gasteiger partial charge in [0.2, 0.25) is 10.0 Å². The molecule has 0 aliphatic carbocycles. The van der Waals surface area contributed by atoms with Gasteiger partial charge >= 0.3 is 0 Å². The number of ether oxygens (including phenoxy) is 1. The Balaban J connectivity index is 2.20. The van der Waals surface area contributed by atoms with Gasteiger partial charge < -0.3 is 4.74 Å². The van der Waals surface area contributed by atoms with E-state index >= 15 is 0 Å². The van der Waals surface area contributed by atoms with Crippen molar-refractivity contribution in [3.63, 3.8) is 0 Å². The van der Waals surface area contributed by atoms with Crippen molar-refractivity contribution >= 4 is 10.0 Å². The molecule has 4 nitrogen and oxygen atoms in total. The van der Waals surface area contributed by atoms with Crippen molar-refractivity contribution in [2.75, 3.05) is 14.2 Å². The predicted octanol–water partition coefficient (Wildman–Crippen LogP) is 2.66. The van der Waals surface area contributed by atoms with Gasteiger partial charge in [-0.15, -0.1) is 0 Å². The van der Waals surface area contributed by atoms with Crippen LogP contribution in [0.5, 0.6) is 5.75 Å². The second-order valence-corrected chi connectivity index (χ2v) is 6.61. The van der Waals surface area contributed by atoms with E-state index in [1.165, 1.54) is 29.6 Å². The van der Waals surface area contributed by atoms with Gasteiger partial charge in [-0.1, -0.05) is 18.2 Å². The first-order valence-electron chi connectivity index (χ1n) is 6.28. The summed E-state index contributed by atoms with van der Waals surface area (Å²) in [6.07, 6.45) is 0. The van der Waals surface area contributed by atoms with E-state index in [0.29, 0.717) is 5.75 Å². The van der Waals surface area contributed by atoms with Gasteiger partial charge in [0.05, 0.1) is 12.0 Å². The van der Waals surface area contributed by atoms with Crippen LogP contribution in [-0.2, 0) is 16.6 Å². The minimum atomic E-state index is -3.71. The van der Waals surface area contributed by atoms with E-state index in [4.69, 9.17) is 4.74 Å². The Morgan fingerprint density at radius 2 is 1.81 bits per heavy atom. The van der Waals surface area contributed by atoms with Gasteiger partial charge in [-0.3, -0.25) is 0 Å². The highest BCUT2D eigenvalue weighted by atomic mass is 32.2. The maximum Gasteiger partial charge on any atom is 0.243 e. The molecule has 6 heteroatoms. The lowest BCUT2D eigenvalue weighted by Crippen LogP contribution is -2.26. The third-order valence-corrected chi connectivity index (χ3v) is 4.87. The highest BCUT2D eigenvalue weighted by Gasteiger charge is 2.21. The number of hydrogen-bond acceptors (Lipinski definition) is 3. The van der Waals surface area contributed by atoms with Gasteiger partial charge in [0.15, 0.2) is 0 Å². The summed E-state index contributed by atoms with van der Waals surface area (Å²) in [5, 5.41) is 0. The van der Waals surface area contributed by atoms with Crippen LogP contribution in [0.25, 0.3) is 0 Å². The summed E-state index contributed by atoms with van der Waals surface area (Å²) >= 11 is 0. The summed E-state index contributed by atoms with van der Waals surface area (Å²) in [5.74, 6) is 0.128. The molecule has 0 amide bonds. The average molecular weight is 309 g/mol. The molecule has 112 valence electrons. The molecule has 0 spiro atoms. The first-order valence-corrected chi connectivity index (χ1v) is 7.72. The van der Waals surface area contributed by atoms with Crippen molar-refractivity contribution in [3.05, 3.63) is 59.9 Å². The number of hydrogen-bond donors (Lipinski definition) is 0. The molecule has 0 radical (unpaired) electrons. The molecule has 0 unspecified atom stereocenters. The molecule has 2 aromatic rings. The van der Waals surface area contributed by atoms with Crippen molar-refractivity contribution in [2.45, 2.75) is 11.4 Å². The molecule has 21 heavy (non-hydrogen) atoms. The third-order valence-electron chi connectivity index (χ3n) is 3.07. The minimum Gasteiger partial charge on any atom is -0.497 e. The number of rotatable bonds is 5. The quantitative estimate of drug-likeness (QED) is 0.853. The molecule has 0 aromatic heterocycles. The normalized spacial score (nSPS) is 11.6. The Labute approximate surface area is 123 Å². The van der Waals surface area contributed by atoms with Gasteiger partial charge in [-0.2, -0.15) is 4.31 Å². The van der Waals surface area contributed by atoms with Crippen molar-refractivity contribution in [1.29, 1.82) is 0 Å². The van der Waals surface area contributed by atoms with Crippen molar-refractivity contribution in [2.24, 2.45) is 0 Å². The Hall–Kier alpha value is -1.92. The monoisotopic (exact) mass is 309 g/mol. The maximum atomic E-state index is 13.2. The largest absolute Gasteiger partial charge is 0.497 e. The van der Waals surface area contributed by atoms with Gasteiger partial charge in [0, 0.05) is 13.6 Å². The molecule has 2 aromatic carbocycles. The van der Waals surface area contributed by atoms with Crippen LogP contribution in [0.15, 0.2) is 53.4 Å². The van der Waals surface area contributed by atoms with Crippen LogP contribution in [-0.4, -0.2) is 26.9 Å². The van der Waals surface area contributed by atoms with Crippen LogP contribution in [0.4, 0.5) is 4.39 Å². The fourth-order valence-electron chi connectivity index (χ4n) is 1.88. The van der Waals surface area contributed by atoms with Crippen LogP contribution in [0.2, 0.25) is 0 Å². The molecule has 0 N–H and O–H groups in total. The van der Waals surface area contributed by atoms with Crippen LogP contribution in [0.3, 0.4) is 0 Å². The fraction of sp³-hybridized carbons (Fsp3) is 0.200. The lowest BCUT2D eigenvalue weighted by Gasteiger charge is -2.17. The van der Waals surface area contributed by atoms with Gasteiger partial charge in [0.1, 0.15) is 11.6 Å². The summed E-state index contributed by atoms with van der Waals surface area (Å²) in [5.41, 5.74) is 0.818. The zero-order valence-electron chi connectivity index (χ0n) is 11.8. The maximum absolute atomic E-state index is 13.2. The summed E-state index contributed by atoms with van der Waals surface area (Å²) in [7, 11) is -0.685. The number of benzene rings is 2. The summed E-state index contributed by atoms with van der Waals surface area (Å²) in [6, 6.07) is 12.1. The highest BCUT2D eigenvalue weighted by molar-refractivity contribution is 7.89. The molecule has 0 heterocycles. The number of halogens is 1. The summed E-state index contributed by atoms with van der Waals surface area (Å²) in [4.78, 5) is -0.0569. The van der Waals surface area contributed by atoms with E-state index in [2.05, 4.69) is 0 Å². The third kappa shape index (κ3) is 3.59. The second kappa shape index (κ2) is 6.24. The van der Waals surface area contributed by atoms with E-state index in [-0.39, 0.29) is 11.4 Å². The van der Waals surface area contributed by atoms with E-state index < -0.39 is 15.8 Å². The molecule has 0 aliphatic rings. The SMILES string of the molecule is COc1ccc(CN(C)S(=O)(=O)c2cccc(F)c2)cc1. The molecule has 2 rings (SSSR count). The van der Waals surface area contributed by atoms with Crippen LogP contribution >= 0.6 is 0 Å². The topological polar surface area (TPSA) is 46.6 Å². The smallest absolute Gasteiger partial charge is 0.243 e. The van der Waals surface area contributed by atoms with Crippen molar-refractivity contribution < 1.29 is 17.5 Å². The Morgan fingerprint density at radius 3 is 2.38 bits per heavy atom. The minimum absolute atomic E-state index is 0.0569. The van der Waals surface area contributed by atoms with Crippen LogP contribution in [0.1, 0.15) is 5.56 Å². The molecule has 0 fully saturated rings. The Bertz CT molecular complexity index is 714. The van der Waals surface area contributed by atoms with E-state index in [1.807, 2.05) is 0 Å².